The van der Waals surface area contributed by atoms with Gasteiger partial charge in [0.2, 0.25) is 0 Å². The Kier molecular flexibility index (Phi) is 6.55. The molecule has 0 atom stereocenters. The second kappa shape index (κ2) is 9.89. The predicted octanol–water partition coefficient (Wildman–Crippen LogP) is 4.22. The summed E-state index contributed by atoms with van der Waals surface area (Å²) in [5.41, 5.74) is 3.68. The second-order valence-corrected chi connectivity index (χ2v) is 9.11. The van der Waals surface area contributed by atoms with Gasteiger partial charge in [0.1, 0.15) is 5.82 Å². The van der Waals surface area contributed by atoms with E-state index in [0.717, 1.165) is 87.6 Å². The number of hydrogen-bond donors (Lipinski definition) is 1. The number of hydrogen-bond acceptors (Lipinski definition) is 5. The van der Waals surface area contributed by atoms with Crippen LogP contribution in [0.4, 0.5) is 11.5 Å². The minimum Gasteiger partial charge on any atom is -0.356 e. The highest BCUT2D eigenvalue weighted by Crippen LogP contribution is 2.27. The number of amides is 1. The number of rotatable bonds is 6. The van der Waals surface area contributed by atoms with Crippen molar-refractivity contribution in [1.82, 2.24) is 14.8 Å². The lowest BCUT2D eigenvalue weighted by Crippen LogP contribution is -2.45. The van der Waals surface area contributed by atoms with Crippen LogP contribution < -0.4 is 10.2 Å². The van der Waals surface area contributed by atoms with Crippen molar-refractivity contribution in [2.45, 2.75) is 26.3 Å². The van der Waals surface area contributed by atoms with E-state index in [9.17, 15) is 4.79 Å². The summed E-state index contributed by atoms with van der Waals surface area (Å²) in [5.74, 6) is 0.699. The average Bonchev–Trinajstić information content (AvgIpc) is 3.40. The normalized spacial score (nSPS) is 17.5. The Morgan fingerprint density at radius 2 is 1.61 bits per heavy atom. The van der Waals surface area contributed by atoms with Crippen LogP contribution in [-0.2, 0) is 6.54 Å². The van der Waals surface area contributed by atoms with Gasteiger partial charge >= 0.3 is 0 Å². The summed E-state index contributed by atoms with van der Waals surface area (Å²) in [6.07, 6.45) is 2.29. The zero-order valence-corrected chi connectivity index (χ0v) is 19.5. The molecular weight excluding hydrogens is 410 g/mol. The lowest BCUT2D eigenvalue weighted by Gasteiger charge is -2.34. The molecule has 1 aromatic heterocycles. The quantitative estimate of drug-likeness (QED) is 0.618. The van der Waals surface area contributed by atoms with Crippen LogP contribution >= 0.6 is 0 Å². The molecule has 2 fully saturated rings. The maximum atomic E-state index is 13.3. The van der Waals surface area contributed by atoms with Crippen molar-refractivity contribution < 1.29 is 4.79 Å². The number of fused-ring (bicyclic) bond motifs is 1. The van der Waals surface area contributed by atoms with Gasteiger partial charge in [-0.25, -0.2) is 4.98 Å². The van der Waals surface area contributed by atoms with E-state index in [-0.39, 0.29) is 5.91 Å². The van der Waals surface area contributed by atoms with Crippen molar-refractivity contribution in [2.24, 2.45) is 0 Å². The van der Waals surface area contributed by atoms with E-state index in [1.54, 1.807) is 0 Å². The number of nitrogens with zero attached hydrogens (tertiary/aromatic N) is 4. The number of carbonyl (C=O) groups is 1. The number of pyridine rings is 1. The third kappa shape index (κ3) is 5.02. The highest BCUT2D eigenvalue weighted by atomic mass is 16.1. The van der Waals surface area contributed by atoms with E-state index in [1.165, 1.54) is 5.56 Å². The Bertz CT molecular complexity index is 1100. The van der Waals surface area contributed by atoms with E-state index in [1.807, 2.05) is 42.5 Å². The largest absolute Gasteiger partial charge is 0.356 e. The van der Waals surface area contributed by atoms with E-state index in [0.29, 0.717) is 5.56 Å². The standard InChI is InChI=1S/C27H33N5O/c1-2-30-15-17-31(18-16-30)20-21-9-11-23(12-10-21)28-27(33)24-19-22-7-3-4-8-25(22)29-26(24)32-13-5-6-14-32/h3-4,7-12,19H,2,5-6,13-18,20H2,1H3,(H,28,33). The molecule has 1 N–H and O–H groups in total. The first-order valence-corrected chi connectivity index (χ1v) is 12.2. The van der Waals surface area contributed by atoms with E-state index in [2.05, 4.69) is 39.1 Å². The van der Waals surface area contributed by atoms with Gasteiger partial charge in [-0.2, -0.15) is 0 Å². The number of benzene rings is 2. The van der Waals surface area contributed by atoms with Gasteiger partial charge in [0.25, 0.3) is 5.91 Å². The summed E-state index contributed by atoms with van der Waals surface area (Å²) in [6.45, 7) is 10.7. The van der Waals surface area contributed by atoms with E-state index >= 15 is 0 Å². The lowest BCUT2D eigenvalue weighted by atomic mass is 10.1. The molecular formula is C27H33N5O. The molecule has 2 aromatic carbocycles. The van der Waals surface area contributed by atoms with Gasteiger partial charge in [0.15, 0.2) is 0 Å². The van der Waals surface area contributed by atoms with Crippen LogP contribution in [0.25, 0.3) is 10.9 Å². The molecule has 0 aliphatic carbocycles. The maximum absolute atomic E-state index is 13.3. The van der Waals surface area contributed by atoms with Crippen molar-refractivity contribution in [3.63, 3.8) is 0 Å². The smallest absolute Gasteiger partial charge is 0.259 e. The van der Waals surface area contributed by atoms with Crippen molar-refractivity contribution in [1.29, 1.82) is 0 Å². The number of nitrogens with one attached hydrogen (secondary N) is 1. The molecule has 2 aliphatic heterocycles. The van der Waals surface area contributed by atoms with Gasteiger partial charge in [0.05, 0.1) is 11.1 Å². The Hall–Kier alpha value is -2.96. The van der Waals surface area contributed by atoms with Crippen LogP contribution in [0.3, 0.4) is 0 Å². The molecule has 0 saturated carbocycles. The Labute approximate surface area is 196 Å². The first kappa shape index (κ1) is 21.9. The Morgan fingerprint density at radius 1 is 0.909 bits per heavy atom. The van der Waals surface area contributed by atoms with Gasteiger partial charge in [-0.15, -0.1) is 0 Å². The van der Waals surface area contributed by atoms with Gasteiger partial charge in [0, 0.05) is 56.9 Å². The van der Waals surface area contributed by atoms with Crippen LogP contribution in [0.15, 0.2) is 54.6 Å². The molecule has 3 heterocycles. The summed E-state index contributed by atoms with van der Waals surface area (Å²) in [7, 11) is 0. The fourth-order valence-corrected chi connectivity index (χ4v) is 4.86. The molecule has 33 heavy (non-hydrogen) atoms. The summed E-state index contributed by atoms with van der Waals surface area (Å²) in [4.78, 5) is 25.4. The summed E-state index contributed by atoms with van der Waals surface area (Å²) >= 11 is 0. The SMILES string of the molecule is CCN1CCN(Cc2ccc(NC(=O)c3cc4ccccc4nc3N3CCCC3)cc2)CC1. The van der Waals surface area contributed by atoms with Crippen molar-refractivity contribution in [2.75, 3.05) is 56.0 Å². The van der Waals surface area contributed by atoms with Crippen LogP contribution in [0.1, 0.15) is 35.7 Å². The first-order valence-electron chi connectivity index (χ1n) is 12.2. The van der Waals surface area contributed by atoms with Crippen LogP contribution in [0.5, 0.6) is 0 Å². The Balaban J connectivity index is 1.29. The van der Waals surface area contributed by atoms with Gasteiger partial charge in [-0.3, -0.25) is 9.69 Å². The molecule has 0 unspecified atom stereocenters. The molecule has 0 radical (unpaired) electrons. The second-order valence-electron chi connectivity index (χ2n) is 9.11. The van der Waals surface area contributed by atoms with E-state index < -0.39 is 0 Å². The average molecular weight is 444 g/mol. The third-order valence-electron chi connectivity index (χ3n) is 6.88. The van der Waals surface area contributed by atoms with Crippen LogP contribution in [0, 0.1) is 0 Å². The van der Waals surface area contributed by atoms with Crippen LogP contribution in [-0.4, -0.2) is 66.5 Å². The zero-order valence-electron chi connectivity index (χ0n) is 19.5. The Morgan fingerprint density at radius 3 is 2.33 bits per heavy atom. The topological polar surface area (TPSA) is 51.7 Å². The summed E-state index contributed by atoms with van der Waals surface area (Å²) in [6, 6.07) is 18.3. The van der Waals surface area contributed by atoms with Crippen molar-refractivity contribution in [3.8, 4) is 0 Å². The summed E-state index contributed by atoms with van der Waals surface area (Å²) in [5, 5.41) is 4.10. The predicted molar refractivity (Wildman–Crippen MR) is 135 cm³/mol. The fraction of sp³-hybridized carbons (Fsp3) is 0.407. The molecule has 5 rings (SSSR count). The van der Waals surface area contributed by atoms with Crippen molar-refractivity contribution >= 4 is 28.3 Å². The number of likely N-dealkylation sites (N-methyl/N-ethyl adjacent to an activating group) is 1. The minimum atomic E-state index is -0.0985. The minimum absolute atomic E-state index is 0.0985. The lowest BCUT2D eigenvalue weighted by molar-refractivity contribution is 0.102. The van der Waals surface area contributed by atoms with Gasteiger partial charge in [-0.05, 0) is 49.2 Å². The number of aromatic nitrogens is 1. The van der Waals surface area contributed by atoms with E-state index in [4.69, 9.17) is 4.98 Å². The fourth-order valence-electron chi connectivity index (χ4n) is 4.86. The number of carbonyl (C=O) groups excluding carboxylic acids is 1. The summed E-state index contributed by atoms with van der Waals surface area (Å²) < 4.78 is 0. The van der Waals surface area contributed by atoms with Crippen molar-refractivity contribution in [3.05, 3.63) is 65.7 Å². The van der Waals surface area contributed by atoms with Gasteiger partial charge in [-0.1, -0.05) is 37.3 Å². The number of para-hydroxylation sites is 1. The highest BCUT2D eigenvalue weighted by Gasteiger charge is 2.22. The number of piperazine rings is 1. The van der Waals surface area contributed by atoms with Crippen LogP contribution in [0.2, 0.25) is 0 Å². The molecule has 172 valence electrons. The molecule has 2 saturated heterocycles. The molecule has 3 aromatic rings. The maximum Gasteiger partial charge on any atom is 0.259 e. The molecule has 1 amide bonds. The molecule has 6 heteroatoms. The monoisotopic (exact) mass is 443 g/mol. The molecule has 0 spiro atoms. The zero-order chi connectivity index (χ0) is 22.6. The molecule has 2 aliphatic rings. The third-order valence-corrected chi connectivity index (χ3v) is 6.88. The van der Waals surface area contributed by atoms with Gasteiger partial charge < -0.3 is 15.1 Å². The molecule has 0 bridgehead atoms. The highest BCUT2D eigenvalue weighted by molar-refractivity contribution is 6.09. The molecule has 6 nitrogen and oxygen atoms in total. The number of anilines is 2. The first-order chi connectivity index (χ1) is 16.2.